The van der Waals surface area contributed by atoms with Gasteiger partial charge in [-0.05, 0) is 31.2 Å². The van der Waals surface area contributed by atoms with Crippen molar-refractivity contribution in [2.75, 3.05) is 11.9 Å². The van der Waals surface area contributed by atoms with Gasteiger partial charge in [0.2, 0.25) is 0 Å². The number of hydrogen-bond acceptors (Lipinski definition) is 5. The summed E-state index contributed by atoms with van der Waals surface area (Å²) >= 11 is 1.17. The van der Waals surface area contributed by atoms with Crippen molar-refractivity contribution < 1.29 is 18.7 Å². The second-order valence-corrected chi connectivity index (χ2v) is 4.58. The number of benzene rings is 1. The van der Waals surface area contributed by atoms with Gasteiger partial charge in [0.1, 0.15) is 5.82 Å². The van der Waals surface area contributed by atoms with Gasteiger partial charge in [-0.15, -0.1) is 11.3 Å². The quantitative estimate of drug-likeness (QED) is 0.697. The Morgan fingerprint density at radius 3 is 2.70 bits per heavy atom. The van der Waals surface area contributed by atoms with Crippen LogP contribution in [0.25, 0.3) is 11.3 Å². The number of nitrogens with zero attached hydrogens (tertiary/aromatic N) is 1. The summed E-state index contributed by atoms with van der Waals surface area (Å²) in [5.74, 6) is -2.15. The number of carbonyl (C=O) groups is 2. The summed E-state index contributed by atoms with van der Waals surface area (Å²) in [6.07, 6.45) is 0. The van der Waals surface area contributed by atoms with E-state index in [1.165, 1.54) is 23.5 Å². The van der Waals surface area contributed by atoms with Gasteiger partial charge < -0.3 is 4.74 Å². The highest BCUT2D eigenvalue weighted by Gasteiger charge is 2.16. The van der Waals surface area contributed by atoms with Gasteiger partial charge in [-0.2, -0.15) is 0 Å². The van der Waals surface area contributed by atoms with E-state index in [1.807, 2.05) is 0 Å². The molecule has 1 heterocycles. The molecule has 2 rings (SSSR count). The first kappa shape index (κ1) is 14.1. The summed E-state index contributed by atoms with van der Waals surface area (Å²) in [5, 5.41) is 4.33. The van der Waals surface area contributed by atoms with Crippen LogP contribution in [-0.2, 0) is 14.3 Å². The maximum atomic E-state index is 12.8. The summed E-state index contributed by atoms with van der Waals surface area (Å²) in [6, 6.07) is 5.82. The van der Waals surface area contributed by atoms with Crippen molar-refractivity contribution in [2.24, 2.45) is 0 Å². The number of anilines is 1. The van der Waals surface area contributed by atoms with Crippen molar-refractivity contribution in [1.82, 2.24) is 4.98 Å². The fourth-order valence-corrected chi connectivity index (χ4v) is 2.14. The average Bonchev–Trinajstić information content (AvgIpc) is 2.88. The Hall–Kier alpha value is -2.28. The highest BCUT2D eigenvalue weighted by Crippen LogP contribution is 2.24. The summed E-state index contributed by atoms with van der Waals surface area (Å²) in [5.41, 5.74) is 1.31. The highest BCUT2D eigenvalue weighted by molar-refractivity contribution is 7.14. The summed E-state index contributed by atoms with van der Waals surface area (Å²) in [6.45, 7) is 1.74. The number of halogens is 1. The second-order valence-electron chi connectivity index (χ2n) is 3.72. The molecule has 0 radical (unpaired) electrons. The Morgan fingerprint density at radius 2 is 2.05 bits per heavy atom. The predicted octanol–water partition coefficient (Wildman–Crippen LogP) is 2.45. The van der Waals surface area contributed by atoms with Gasteiger partial charge >= 0.3 is 11.9 Å². The van der Waals surface area contributed by atoms with Gasteiger partial charge in [0.15, 0.2) is 5.13 Å². The van der Waals surface area contributed by atoms with Gasteiger partial charge in [-0.25, -0.2) is 14.2 Å². The van der Waals surface area contributed by atoms with Crippen molar-refractivity contribution in [1.29, 1.82) is 0 Å². The molecule has 0 aliphatic rings. The minimum absolute atomic E-state index is 0.130. The molecule has 5 nitrogen and oxygen atoms in total. The monoisotopic (exact) mass is 294 g/mol. The zero-order chi connectivity index (χ0) is 14.5. The van der Waals surface area contributed by atoms with Crippen LogP contribution in [0.5, 0.6) is 0 Å². The lowest BCUT2D eigenvalue weighted by atomic mass is 10.2. The lowest BCUT2D eigenvalue weighted by molar-refractivity contribution is -0.152. The third-order valence-corrected chi connectivity index (χ3v) is 3.08. The normalized spacial score (nSPS) is 10.1. The van der Waals surface area contributed by atoms with Crippen LogP contribution in [0, 0.1) is 5.82 Å². The molecule has 1 aromatic heterocycles. The molecule has 0 aliphatic carbocycles. The Morgan fingerprint density at radius 1 is 1.35 bits per heavy atom. The fraction of sp³-hybridized carbons (Fsp3) is 0.154. The van der Waals surface area contributed by atoms with E-state index in [1.54, 1.807) is 24.4 Å². The van der Waals surface area contributed by atoms with Crippen LogP contribution in [0.3, 0.4) is 0 Å². The summed E-state index contributed by atoms with van der Waals surface area (Å²) < 4.78 is 17.4. The van der Waals surface area contributed by atoms with Crippen molar-refractivity contribution >= 4 is 28.3 Å². The van der Waals surface area contributed by atoms with E-state index in [2.05, 4.69) is 15.0 Å². The Kier molecular flexibility index (Phi) is 4.41. The first-order valence-electron chi connectivity index (χ1n) is 5.79. The van der Waals surface area contributed by atoms with E-state index < -0.39 is 11.9 Å². The molecule has 20 heavy (non-hydrogen) atoms. The largest absolute Gasteiger partial charge is 0.459 e. The Balaban J connectivity index is 2.07. The van der Waals surface area contributed by atoms with Crippen LogP contribution in [-0.4, -0.2) is 23.5 Å². The lowest BCUT2D eigenvalue weighted by Gasteiger charge is -2.00. The van der Waals surface area contributed by atoms with Crippen molar-refractivity contribution in [3.63, 3.8) is 0 Å². The standard InChI is InChI=1S/C13H11FN2O3S/c1-2-19-12(18)11(17)16-13-15-10(7-20-13)8-3-5-9(14)6-4-8/h3-7H,2H2,1H3,(H,15,16,17). The van der Waals surface area contributed by atoms with Crippen molar-refractivity contribution in [3.8, 4) is 11.3 Å². The number of esters is 1. The number of ether oxygens (including phenoxy) is 1. The topological polar surface area (TPSA) is 68.3 Å². The van der Waals surface area contributed by atoms with E-state index in [9.17, 15) is 14.0 Å². The van der Waals surface area contributed by atoms with E-state index in [0.29, 0.717) is 5.69 Å². The maximum absolute atomic E-state index is 12.8. The Labute approximate surface area is 118 Å². The van der Waals surface area contributed by atoms with Crippen LogP contribution < -0.4 is 5.32 Å². The predicted molar refractivity (Wildman–Crippen MR) is 72.8 cm³/mol. The highest BCUT2D eigenvalue weighted by atomic mass is 32.1. The van der Waals surface area contributed by atoms with E-state index in [4.69, 9.17) is 0 Å². The van der Waals surface area contributed by atoms with Crippen LogP contribution >= 0.6 is 11.3 Å². The smallest absolute Gasteiger partial charge is 0.397 e. The van der Waals surface area contributed by atoms with E-state index in [0.717, 1.165) is 5.56 Å². The molecule has 0 unspecified atom stereocenters. The van der Waals surface area contributed by atoms with Gasteiger partial charge in [-0.3, -0.25) is 10.1 Å². The fourth-order valence-electron chi connectivity index (χ4n) is 1.43. The van der Waals surface area contributed by atoms with Gasteiger partial charge in [0.05, 0.1) is 12.3 Å². The number of thiazole rings is 1. The number of aromatic nitrogens is 1. The lowest BCUT2D eigenvalue weighted by Crippen LogP contribution is -2.24. The summed E-state index contributed by atoms with van der Waals surface area (Å²) in [7, 11) is 0. The van der Waals surface area contributed by atoms with Crippen LogP contribution in [0.4, 0.5) is 9.52 Å². The molecule has 1 N–H and O–H groups in total. The van der Waals surface area contributed by atoms with Gasteiger partial charge in [0, 0.05) is 10.9 Å². The summed E-state index contributed by atoms with van der Waals surface area (Å²) in [4.78, 5) is 26.7. The molecular formula is C13H11FN2O3S. The zero-order valence-corrected chi connectivity index (χ0v) is 11.4. The SMILES string of the molecule is CCOC(=O)C(=O)Nc1nc(-c2ccc(F)cc2)cs1. The minimum Gasteiger partial charge on any atom is -0.459 e. The molecule has 0 saturated heterocycles. The third kappa shape index (κ3) is 3.39. The first-order chi connectivity index (χ1) is 9.60. The van der Waals surface area contributed by atoms with Gasteiger partial charge in [-0.1, -0.05) is 0 Å². The maximum Gasteiger partial charge on any atom is 0.397 e. The number of hydrogen-bond donors (Lipinski definition) is 1. The number of carbonyl (C=O) groups excluding carboxylic acids is 2. The first-order valence-corrected chi connectivity index (χ1v) is 6.67. The third-order valence-electron chi connectivity index (χ3n) is 2.33. The molecule has 104 valence electrons. The molecule has 0 fully saturated rings. The Bertz CT molecular complexity index is 625. The average molecular weight is 294 g/mol. The molecule has 1 amide bonds. The van der Waals surface area contributed by atoms with E-state index >= 15 is 0 Å². The van der Waals surface area contributed by atoms with Crippen molar-refractivity contribution in [2.45, 2.75) is 6.92 Å². The molecule has 0 atom stereocenters. The minimum atomic E-state index is -0.953. The molecule has 0 aliphatic heterocycles. The number of amides is 1. The molecule has 2 aromatic rings. The number of nitrogens with one attached hydrogen (secondary N) is 1. The molecular weight excluding hydrogens is 283 g/mol. The van der Waals surface area contributed by atoms with Crippen LogP contribution in [0.1, 0.15) is 6.92 Å². The second kappa shape index (κ2) is 6.25. The van der Waals surface area contributed by atoms with Crippen LogP contribution in [0.2, 0.25) is 0 Å². The van der Waals surface area contributed by atoms with E-state index in [-0.39, 0.29) is 17.6 Å². The number of rotatable bonds is 3. The molecule has 1 aromatic carbocycles. The van der Waals surface area contributed by atoms with Crippen molar-refractivity contribution in [3.05, 3.63) is 35.5 Å². The zero-order valence-electron chi connectivity index (χ0n) is 10.6. The van der Waals surface area contributed by atoms with Gasteiger partial charge in [0.25, 0.3) is 0 Å². The molecule has 0 saturated carbocycles. The molecule has 7 heteroatoms. The molecule has 0 bridgehead atoms. The molecule has 0 spiro atoms. The van der Waals surface area contributed by atoms with Crippen LogP contribution in [0.15, 0.2) is 29.6 Å².